The topological polar surface area (TPSA) is 324 Å². The molecule has 2 unspecified atom stereocenters. The van der Waals surface area contributed by atoms with Crippen molar-refractivity contribution in [2.75, 3.05) is 37.9 Å². The summed E-state index contributed by atoms with van der Waals surface area (Å²) in [6.45, 7) is -2.70. The molecule has 23 nitrogen and oxygen atoms in total. The van der Waals surface area contributed by atoms with E-state index in [1.807, 2.05) is 0 Å². The Morgan fingerprint density at radius 1 is 1.13 bits per heavy atom. The first-order valence-electron chi connectivity index (χ1n) is 13.5. The lowest BCUT2D eigenvalue weighted by atomic mass is 10.1. The van der Waals surface area contributed by atoms with E-state index in [4.69, 9.17) is 38.8 Å². The van der Waals surface area contributed by atoms with Crippen molar-refractivity contribution in [3.63, 3.8) is 0 Å². The summed E-state index contributed by atoms with van der Waals surface area (Å²) in [6, 6.07) is 1.44. The van der Waals surface area contributed by atoms with E-state index in [-0.39, 0.29) is 29.2 Å². The maximum absolute atomic E-state index is 13.1. The number of phosphoric acid groups is 2. The number of phosphoric ester groups is 2. The number of aromatic nitrogens is 6. The molecule has 5 heterocycles. The molecule has 2 saturated heterocycles. The molecule has 0 aromatic carbocycles. The number of anilines is 2. The average molecular weight is 708 g/mol. The second-order valence-corrected chi connectivity index (χ2v) is 12.7. The molecule has 258 valence electrons. The summed E-state index contributed by atoms with van der Waals surface area (Å²) in [5, 5.41) is 22.9. The van der Waals surface area contributed by atoms with Crippen LogP contribution in [0.3, 0.4) is 0 Å². The van der Waals surface area contributed by atoms with Crippen LogP contribution < -0.4 is 16.7 Å². The molecule has 8 N–H and O–H groups in total. The second-order valence-electron chi connectivity index (χ2n) is 10.1. The van der Waals surface area contributed by atoms with Crippen molar-refractivity contribution in [2.45, 2.75) is 49.4 Å². The van der Waals surface area contributed by atoms with Gasteiger partial charge >= 0.3 is 27.3 Å². The number of rotatable bonds is 13. The van der Waals surface area contributed by atoms with Gasteiger partial charge in [-0.15, -0.1) is 0 Å². The molecule has 25 heteroatoms. The van der Waals surface area contributed by atoms with Gasteiger partial charge in [-0.1, -0.05) is 0 Å². The van der Waals surface area contributed by atoms with Gasteiger partial charge < -0.3 is 50.2 Å². The largest absolute Gasteiger partial charge is 0.472 e. The van der Waals surface area contributed by atoms with E-state index < -0.39 is 90.1 Å². The number of carbonyl (C=O) groups excluding carboxylic acids is 1. The van der Waals surface area contributed by atoms with Crippen molar-refractivity contribution >= 4 is 44.4 Å². The summed E-state index contributed by atoms with van der Waals surface area (Å²) < 4.78 is 58.2. The smallest absolute Gasteiger partial charge is 0.455 e. The fourth-order valence-electron chi connectivity index (χ4n) is 4.92. The second kappa shape index (κ2) is 14.0. The van der Waals surface area contributed by atoms with Crippen molar-refractivity contribution in [3.05, 3.63) is 35.4 Å². The van der Waals surface area contributed by atoms with Crippen molar-refractivity contribution in [1.82, 2.24) is 29.1 Å². The lowest BCUT2D eigenvalue weighted by molar-refractivity contribution is -0.159. The van der Waals surface area contributed by atoms with E-state index in [2.05, 4.69) is 29.8 Å². The number of hydrogen-bond acceptors (Lipinski definition) is 18. The Labute approximate surface area is 263 Å². The van der Waals surface area contributed by atoms with E-state index in [9.17, 15) is 33.8 Å². The van der Waals surface area contributed by atoms with Crippen LogP contribution in [0.4, 0.5) is 11.6 Å². The first kappa shape index (κ1) is 34.9. The van der Waals surface area contributed by atoms with E-state index in [1.165, 1.54) is 30.2 Å². The average Bonchev–Trinajstić information content (AvgIpc) is 3.70. The molecule has 3 aromatic heterocycles. The normalized spacial score (nSPS) is 27.6. The molecule has 5 rings (SSSR count). The molecule has 0 radical (unpaired) electrons. The molecule has 0 amide bonds. The maximum Gasteiger partial charge on any atom is 0.472 e. The van der Waals surface area contributed by atoms with Crippen LogP contribution in [0.15, 0.2) is 29.7 Å². The molecule has 2 aliphatic heterocycles. The number of hydrogen-bond donors (Lipinski definition) is 7. The molecule has 0 bridgehead atoms. The van der Waals surface area contributed by atoms with Crippen molar-refractivity contribution in [1.29, 1.82) is 0 Å². The molecule has 0 spiro atoms. The first-order valence-corrected chi connectivity index (χ1v) is 16.6. The first-order chi connectivity index (χ1) is 22.2. The van der Waals surface area contributed by atoms with Crippen LogP contribution in [0.1, 0.15) is 18.9 Å². The number of carbonyl (C=O) groups is 1. The van der Waals surface area contributed by atoms with Crippen LogP contribution in [-0.2, 0) is 41.7 Å². The van der Waals surface area contributed by atoms with Crippen LogP contribution in [0.2, 0.25) is 0 Å². The number of nitrogens with two attached hydrogens (primary N) is 1. The summed E-state index contributed by atoms with van der Waals surface area (Å²) in [5.41, 5.74) is 5.36. The third kappa shape index (κ3) is 8.00. The molecule has 2 fully saturated rings. The number of esters is 1. The fraction of sp³-hybridized carbons (Fsp3) is 0.545. The Bertz CT molecular complexity index is 1750. The van der Waals surface area contributed by atoms with Crippen LogP contribution in [0.25, 0.3) is 11.2 Å². The number of aliphatic hydroxyl groups is 2. The minimum absolute atomic E-state index is 0.0292. The Hall–Kier alpha value is -3.44. The van der Waals surface area contributed by atoms with Crippen molar-refractivity contribution in [2.24, 2.45) is 0 Å². The number of aliphatic hydroxyl groups excluding tert-OH is 2. The Morgan fingerprint density at radius 2 is 1.87 bits per heavy atom. The molecule has 0 aliphatic carbocycles. The Morgan fingerprint density at radius 3 is 2.55 bits per heavy atom. The summed E-state index contributed by atoms with van der Waals surface area (Å²) in [4.78, 5) is 69.2. The van der Waals surface area contributed by atoms with Crippen molar-refractivity contribution in [3.8, 4) is 0 Å². The van der Waals surface area contributed by atoms with Gasteiger partial charge in [0.25, 0.3) is 0 Å². The van der Waals surface area contributed by atoms with Crippen LogP contribution in [0.5, 0.6) is 0 Å². The zero-order chi connectivity index (χ0) is 34.1. The van der Waals surface area contributed by atoms with Gasteiger partial charge in [-0.2, -0.15) is 4.98 Å². The van der Waals surface area contributed by atoms with Gasteiger partial charge in [-0.25, -0.2) is 33.7 Å². The lowest BCUT2D eigenvalue weighted by Crippen LogP contribution is -2.39. The number of fused-ring (bicyclic) bond motifs is 1. The SMILES string of the molecule is CNc1ccn([C@H]2C[C@H](OP(=O)(O)OC[C@H]3O[C@@H](n4cnc5c(N)ncnc54)C(O)[C@@H]3OC(=O)CO)[C@@H](COP(=O)(O)O)O2)c(=O)n1. The zero-order valence-corrected chi connectivity index (χ0v) is 25.9. The summed E-state index contributed by atoms with van der Waals surface area (Å²) in [5.74, 6) is -0.875. The number of nitrogen functional groups attached to an aromatic ring is 1. The molecule has 47 heavy (non-hydrogen) atoms. The Balaban J connectivity index is 1.32. The van der Waals surface area contributed by atoms with Crippen LogP contribution in [-0.4, -0.2) is 117 Å². The number of nitrogens with zero attached hydrogens (tertiary/aromatic N) is 6. The molecular formula is C22H30N8O15P2. The molecular weight excluding hydrogens is 678 g/mol. The highest BCUT2D eigenvalue weighted by atomic mass is 31.2. The molecule has 2 aliphatic rings. The molecule has 3 aromatic rings. The highest BCUT2D eigenvalue weighted by molar-refractivity contribution is 7.47. The van der Waals surface area contributed by atoms with E-state index in [0.29, 0.717) is 0 Å². The quantitative estimate of drug-likeness (QED) is 0.0729. The highest BCUT2D eigenvalue weighted by Crippen LogP contribution is 2.50. The number of ether oxygens (including phenoxy) is 3. The predicted octanol–water partition coefficient (Wildman–Crippen LogP) is -2.23. The van der Waals surface area contributed by atoms with E-state index >= 15 is 0 Å². The number of nitrogens with one attached hydrogen (secondary N) is 1. The fourth-order valence-corrected chi connectivity index (χ4v) is 6.22. The van der Waals surface area contributed by atoms with Gasteiger partial charge in [-0.05, 0) is 6.07 Å². The van der Waals surface area contributed by atoms with Gasteiger partial charge in [0, 0.05) is 19.7 Å². The van der Waals surface area contributed by atoms with Gasteiger partial charge in [0.15, 0.2) is 23.8 Å². The summed E-state index contributed by atoms with van der Waals surface area (Å²) in [6.07, 6.45) is -6.51. The molecule has 8 atom stereocenters. The van der Waals surface area contributed by atoms with Crippen LogP contribution >= 0.6 is 15.6 Å². The summed E-state index contributed by atoms with van der Waals surface area (Å²) in [7, 11) is -8.58. The third-order valence-electron chi connectivity index (χ3n) is 7.02. The van der Waals surface area contributed by atoms with Gasteiger partial charge in [-0.3, -0.25) is 22.7 Å². The standard InChI is InChI=1S/C22H30N8O15P2/c1-24-13-2-3-29(22(34)28-13)14-4-10(11(42-14)6-40-46(35,36)37)45-47(38,39)41-7-12-18(44-15(32)5-31)17(33)21(43-12)30-9-27-16-19(23)25-8-26-20(16)30/h2-3,8-12,14,17-18,21,31,33H,4-7H2,1H3,(H,38,39)(H2,23,25,26)(H,24,28,34)(H2,35,36,37)/t10-,11+,12+,14+,17?,18+,21+/m0/s1. The van der Waals surface area contributed by atoms with E-state index in [0.717, 1.165) is 10.9 Å². The minimum atomic E-state index is -5.10. The molecule has 0 saturated carbocycles. The number of imidazole rings is 1. The zero-order valence-electron chi connectivity index (χ0n) is 24.2. The highest BCUT2D eigenvalue weighted by Gasteiger charge is 2.49. The van der Waals surface area contributed by atoms with Gasteiger partial charge in [0.2, 0.25) is 0 Å². The monoisotopic (exact) mass is 708 g/mol. The Kier molecular flexibility index (Phi) is 10.4. The predicted molar refractivity (Wildman–Crippen MR) is 152 cm³/mol. The maximum atomic E-state index is 13.1. The van der Waals surface area contributed by atoms with Gasteiger partial charge in [0.1, 0.15) is 54.9 Å². The third-order valence-corrected chi connectivity index (χ3v) is 8.52. The van der Waals surface area contributed by atoms with Crippen molar-refractivity contribution < 1.29 is 66.6 Å². The van der Waals surface area contributed by atoms with Crippen LogP contribution in [0, 0.1) is 0 Å². The van der Waals surface area contributed by atoms with E-state index in [1.54, 1.807) is 0 Å². The summed E-state index contributed by atoms with van der Waals surface area (Å²) >= 11 is 0. The lowest BCUT2D eigenvalue weighted by Gasteiger charge is -2.23. The van der Waals surface area contributed by atoms with Gasteiger partial charge in [0.05, 0.1) is 19.5 Å². The minimum Gasteiger partial charge on any atom is -0.455 e.